The summed E-state index contributed by atoms with van der Waals surface area (Å²) in [6, 6.07) is 0. The largest absolute Gasteiger partial charge is 0.459 e. The first-order valence-electron chi connectivity index (χ1n) is 6.01. The Bertz CT molecular complexity index is 328. The summed E-state index contributed by atoms with van der Waals surface area (Å²) in [5, 5.41) is 0. The maximum Gasteiger partial charge on any atom is 0.331 e. The predicted molar refractivity (Wildman–Crippen MR) is 61.5 cm³/mol. The maximum absolute atomic E-state index is 11.2. The van der Waals surface area contributed by atoms with Crippen LogP contribution < -0.4 is 0 Å². The number of carbonyl (C=O) groups is 1. The Kier molecular flexibility index (Phi) is 2.45. The molecule has 2 nitrogen and oxygen atoms in total. The van der Waals surface area contributed by atoms with E-state index in [2.05, 4.69) is 27.7 Å². The van der Waals surface area contributed by atoms with Crippen molar-refractivity contribution in [1.82, 2.24) is 0 Å². The van der Waals surface area contributed by atoms with Crippen molar-refractivity contribution in [2.75, 3.05) is 0 Å². The van der Waals surface area contributed by atoms with Crippen LogP contribution in [-0.4, -0.2) is 12.1 Å². The van der Waals surface area contributed by atoms with Crippen molar-refractivity contribution in [3.8, 4) is 0 Å². The topological polar surface area (TPSA) is 26.3 Å². The highest BCUT2D eigenvalue weighted by Gasteiger charge is 2.62. The second-order valence-electron chi connectivity index (χ2n) is 6.34. The van der Waals surface area contributed by atoms with Gasteiger partial charge in [0.2, 0.25) is 0 Å². The summed E-state index contributed by atoms with van der Waals surface area (Å²) in [7, 11) is 0. The van der Waals surface area contributed by atoms with E-state index in [1.807, 2.05) is 0 Å². The molecule has 2 aliphatic carbocycles. The molecule has 16 heavy (non-hydrogen) atoms. The van der Waals surface area contributed by atoms with Gasteiger partial charge in [-0.3, -0.25) is 0 Å². The van der Waals surface area contributed by atoms with Crippen LogP contribution in [0.2, 0.25) is 0 Å². The number of hydrogen-bond acceptors (Lipinski definition) is 2. The fraction of sp³-hybridized carbons (Fsp3) is 0.786. The summed E-state index contributed by atoms with van der Waals surface area (Å²) in [5.41, 5.74) is 0.536. The first kappa shape index (κ1) is 11.7. The van der Waals surface area contributed by atoms with Crippen molar-refractivity contribution in [1.29, 1.82) is 0 Å². The molecule has 0 aromatic heterocycles. The van der Waals surface area contributed by atoms with Gasteiger partial charge in [-0.25, -0.2) is 4.79 Å². The molecule has 2 rings (SSSR count). The summed E-state index contributed by atoms with van der Waals surface area (Å²) >= 11 is 0. The quantitative estimate of drug-likeness (QED) is 0.528. The van der Waals surface area contributed by atoms with Crippen LogP contribution in [0.15, 0.2) is 6.08 Å². The second kappa shape index (κ2) is 3.35. The Morgan fingerprint density at radius 1 is 1.25 bits per heavy atom. The van der Waals surface area contributed by atoms with E-state index in [-0.39, 0.29) is 11.5 Å². The minimum atomic E-state index is -0.494. The van der Waals surface area contributed by atoms with Crippen LogP contribution in [0.4, 0.5) is 0 Å². The monoisotopic (exact) mass is 220 g/mol. The van der Waals surface area contributed by atoms with E-state index in [1.165, 1.54) is 0 Å². The lowest BCUT2D eigenvalue weighted by Gasteiger charge is -2.47. The zero-order valence-corrected chi connectivity index (χ0v) is 10.5. The lowest BCUT2D eigenvalue weighted by molar-refractivity contribution is -0.151. The van der Waals surface area contributed by atoms with E-state index in [0.717, 1.165) is 18.9 Å². The van der Waals surface area contributed by atoms with Crippen LogP contribution >= 0.6 is 0 Å². The second-order valence-corrected chi connectivity index (χ2v) is 6.34. The van der Waals surface area contributed by atoms with Crippen molar-refractivity contribution in [3.05, 3.63) is 12.7 Å². The van der Waals surface area contributed by atoms with Crippen molar-refractivity contribution in [2.24, 2.45) is 22.7 Å². The van der Waals surface area contributed by atoms with E-state index in [9.17, 15) is 4.79 Å². The van der Waals surface area contributed by atoms with Crippen LogP contribution in [0.1, 0.15) is 40.5 Å². The van der Waals surface area contributed by atoms with Gasteiger partial charge in [0.25, 0.3) is 0 Å². The third-order valence-electron chi connectivity index (χ3n) is 5.50. The van der Waals surface area contributed by atoms with Crippen LogP contribution in [0.3, 0.4) is 0 Å². The van der Waals surface area contributed by atoms with Crippen molar-refractivity contribution in [2.45, 2.75) is 46.6 Å². The molecular weight excluding hydrogens is 200 g/mol. The Morgan fingerprint density at radius 2 is 1.88 bits per heavy atom. The fourth-order valence-corrected chi connectivity index (χ4v) is 3.67. The third kappa shape index (κ3) is 1.35. The van der Waals surface area contributed by atoms with Gasteiger partial charge in [0.15, 0.2) is 0 Å². The molecule has 3 atom stereocenters. The molecule has 2 fully saturated rings. The minimum Gasteiger partial charge on any atom is -0.459 e. The van der Waals surface area contributed by atoms with Gasteiger partial charge in [0.05, 0.1) is 0 Å². The molecule has 88 valence electrons. The smallest absolute Gasteiger partial charge is 0.331 e. The molecule has 0 N–H and O–H groups in total. The van der Waals surface area contributed by atoms with Crippen LogP contribution in [0.25, 0.3) is 0 Å². The highest BCUT2D eigenvalue weighted by atomic mass is 16.5. The van der Waals surface area contributed by atoms with Gasteiger partial charge < -0.3 is 4.74 Å². The lowest BCUT2D eigenvalue weighted by atomic mass is 9.59. The maximum atomic E-state index is 11.2. The Balaban J connectivity index is 2.16. The predicted octanol–water partition coefficient (Wildman–Crippen LogP) is 2.86. The number of esters is 1. The molecule has 0 heterocycles. The molecule has 0 spiro atoms. The van der Waals surface area contributed by atoms with Crippen molar-refractivity contribution in [3.63, 3.8) is 0 Å². The summed E-state index contributed by atoms with van der Waals surface area (Å²) in [6.45, 7) is 16.1. The Hall–Kier alpha value is -0.790. The highest BCUT2D eigenvalue weighted by molar-refractivity contribution is 5.81. The molecule has 0 saturated heterocycles. The molecule has 0 amide bonds. The van der Waals surface area contributed by atoms with Gasteiger partial charge in [-0.2, -0.15) is 0 Å². The molecule has 3 unspecified atom stereocenters. The van der Waals surface area contributed by atoms with Crippen LogP contribution in [0.5, 0.6) is 0 Å². The summed E-state index contributed by atoms with van der Waals surface area (Å²) < 4.78 is 5.34. The highest BCUT2D eigenvalue weighted by Crippen LogP contribution is 2.66. The van der Waals surface area contributed by atoms with Gasteiger partial charge in [0, 0.05) is 12.0 Å². The summed E-state index contributed by atoms with van der Waals surface area (Å²) in [5.74, 6) is 0.610. The average Bonchev–Trinajstić information content (AvgIpc) is 2.67. The molecule has 0 aromatic rings. The standard InChI is InChI=1S/C14H20O2/c1-6-12(15)16-11-8-9-7-10(11)14(4,5)13(9,2)3/h6,9-11H,7-8H2,2-5H3. The normalized spacial score (nSPS) is 38.4. The number of hydrogen-bond donors (Lipinski definition) is 0. The van der Waals surface area contributed by atoms with Gasteiger partial charge in [-0.1, -0.05) is 27.7 Å². The SMILES string of the molecule is [C]=CC(=O)OC1CC2CC1C(C)(C)C2(C)C. The van der Waals surface area contributed by atoms with Gasteiger partial charge >= 0.3 is 5.97 Å². The van der Waals surface area contributed by atoms with Crippen LogP contribution in [-0.2, 0) is 9.53 Å². The Labute approximate surface area is 98.1 Å². The van der Waals surface area contributed by atoms with Gasteiger partial charge in [0.1, 0.15) is 6.10 Å². The van der Waals surface area contributed by atoms with E-state index >= 15 is 0 Å². The third-order valence-corrected chi connectivity index (χ3v) is 5.50. The van der Waals surface area contributed by atoms with E-state index in [1.54, 1.807) is 0 Å². The summed E-state index contributed by atoms with van der Waals surface area (Å²) in [6.07, 6.45) is 2.93. The number of rotatable bonds is 2. The molecular formula is C14H20O2. The number of fused-ring (bicyclic) bond motifs is 2. The average molecular weight is 220 g/mol. The number of carbonyl (C=O) groups excluding carboxylic acids is 1. The fourth-order valence-electron chi connectivity index (χ4n) is 3.67. The molecule has 2 bridgehead atoms. The van der Waals surface area contributed by atoms with E-state index in [0.29, 0.717) is 17.3 Å². The molecule has 2 aliphatic rings. The zero-order valence-electron chi connectivity index (χ0n) is 10.5. The molecule has 2 saturated carbocycles. The van der Waals surface area contributed by atoms with Crippen LogP contribution in [0, 0.1) is 29.2 Å². The lowest BCUT2D eigenvalue weighted by Crippen LogP contribution is -2.45. The van der Waals surface area contributed by atoms with Crippen molar-refractivity contribution >= 4 is 5.97 Å². The van der Waals surface area contributed by atoms with E-state index < -0.39 is 5.97 Å². The minimum absolute atomic E-state index is 0.0297. The van der Waals surface area contributed by atoms with Gasteiger partial charge in [-0.05, 0) is 36.2 Å². The van der Waals surface area contributed by atoms with Gasteiger partial charge in [-0.15, -0.1) is 0 Å². The Morgan fingerprint density at radius 3 is 2.31 bits per heavy atom. The first-order valence-corrected chi connectivity index (χ1v) is 6.01. The molecule has 2 radical (unpaired) electrons. The van der Waals surface area contributed by atoms with Crippen molar-refractivity contribution < 1.29 is 9.53 Å². The molecule has 0 aromatic carbocycles. The summed E-state index contributed by atoms with van der Waals surface area (Å²) in [4.78, 5) is 11.2. The number of ether oxygens (including phenoxy) is 1. The van der Waals surface area contributed by atoms with E-state index in [4.69, 9.17) is 11.3 Å². The molecule has 2 heteroatoms. The zero-order chi connectivity index (χ0) is 12.1. The molecule has 0 aliphatic heterocycles. The first-order chi connectivity index (χ1) is 7.30.